The van der Waals surface area contributed by atoms with E-state index in [0.717, 1.165) is 24.6 Å². The topological polar surface area (TPSA) is 118 Å². The maximum atomic E-state index is 13.5. The van der Waals surface area contributed by atoms with Crippen LogP contribution < -0.4 is 10.6 Å². The van der Waals surface area contributed by atoms with Gasteiger partial charge in [0.25, 0.3) is 5.91 Å². The number of hydrogen-bond acceptors (Lipinski definition) is 4. The molecule has 3 aliphatic rings. The molecule has 0 bridgehead atoms. The molecule has 8 nitrogen and oxygen atoms in total. The second kappa shape index (κ2) is 8.38. The molecular weight excluding hydrogens is 442 g/mol. The molecule has 5 rings (SSSR count). The number of aromatic nitrogens is 1. The van der Waals surface area contributed by atoms with Crippen molar-refractivity contribution in [3.05, 3.63) is 35.0 Å². The number of nitrogens with one attached hydrogen (secondary N) is 3. The highest BCUT2D eigenvalue weighted by Gasteiger charge is 2.52. The number of para-hydroxylation sites is 1. The van der Waals surface area contributed by atoms with E-state index in [9.17, 15) is 19.6 Å². The summed E-state index contributed by atoms with van der Waals surface area (Å²) in [4.78, 5) is 43.4. The maximum absolute atomic E-state index is 13.5. The van der Waals surface area contributed by atoms with Crippen molar-refractivity contribution >= 4 is 40.2 Å². The van der Waals surface area contributed by atoms with Crippen LogP contribution >= 0.6 is 11.6 Å². The van der Waals surface area contributed by atoms with Crippen LogP contribution in [0.5, 0.6) is 0 Å². The van der Waals surface area contributed by atoms with Crippen molar-refractivity contribution in [2.24, 2.45) is 11.3 Å². The Kier molecular flexibility index (Phi) is 5.53. The quantitative estimate of drug-likeness (QED) is 0.626. The number of rotatable bonds is 5. The highest BCUT2D eigenvalue weighted by molar-refractivity contribution is 6.35. The molecule has 3 amide bonds. The minimum Gasteiger partial charge on any atom is -0.356 e. The zero-order valence-electron chi connectivity index (χ0n) is 18.2. The van der Waals surface area contributed by atoms with Crippen molar-refractivity contribution in [3.63, 3.8) is 0 Å². The molecule has 33 heavy (non-hydrogen) atoms. The fraction of sp³-hybridized carbons (Fsp3) is 0.500. The summed E-state index contributed by atoms with van der Waals surface area (Å²) in [6, 6.07) is 7.94. The average Bonchev–Trinajstić information content (AvgIpc) is 3.49. The van der Waals surface area contributed by atoms with E-state index in [4.69, 9.17) is 11.6 Å². The number of benzene rings is 1. The second-order valence-corrected chi connectivity index (χ2v) is 10.0. The van der Waals surface area contributed by atoms with Gasteiger partial charge in [-0.2, -0.15) is 5.26 Å². The molecule has 3 atom stereocenters. The summed E-state index contributed by atoms with van der Waals surface area (Å²) in [5.41, 5.74) is 1.06. The predicted molar refractivity (Wildman–Crippen MR) is 122 cm³/mol. The van der Waals surface area contributed by atoms with Crippen LogP contribution in [0.2, 0.25) is 5.02 Å². The van der Waals surface area contributed by atoms with Crippen molar-refractivity contribution in [1.29, 1.82) is 5.26 Å². The summed E-state index contributed by atoms with van der Waals surface area (Å²) < 4.78 is 0. The molecule has 2 saturated heterocycles. The molecule has 1 spiro atoms. The minimum absolute atomic E-state index is 0.0329. The van der Waals surface area contributed by atoms with Gasteiger partial charge in [-0.1, -0.05) is 30.2 Å². The fourth-order valence-corrected chi connectivity index (χ4v) is 5.73. The molecule has 9 heteroatoms. The summed E-state index contributed by atoms with van der Waals surface area (Å²) in [5, 5.41) is 16.5. The Hall–Kier alpha value is -3.05. The third kappa shape index (κ3) is 3.95. The van der Waals surface area contributed by atoms with E-state index in [-0.39, 0.29) is 35.5 Å². The summed E-state index contributed by atoms with van der Waals surface area (Å²) in [6.07, 6.45) is 4.60. The van der Waals surface area contributed by atoms with Gasteiger partial charge in [0.15, 0.2) is 0 Å². The van der Waals surface area contributed by atoms with Crippen molar-refractivity contribution < 1.29 is 14.4 Å². The number of halogens is 1. The second-order valence-electron chi connectivity index (χ2n) is 9.60. The smallest absolute Gasteiger partial charge is 0.271 e. The number of amides is 3. The van der Waals surface area contributed by atoms with Crippen molar-refractivity contribution in [1.82, 2.24) is 20.5 Å². The number of aromatic amines is 1. The molecule has 3 N–H and O–H groups in total. The van der Waals surface area contributed by atoms with Crippen LogP contribution in [0.25, 0.3) is 10.9 Å². The maximum Gasteiger partial charge on any atom is 0.271 e. The number of nitriles is 1. The minimum atomic E-state index is -0.770. The van der Waals surface area contributed by atoms with Crippen LogP contribution in [-0.2, 0) is 9.59 Å². The summed E-state index contributed by atoms with van der Waals surface area (Å²) in [6.45, 7) is 1.12. The molecular formula is C24H26ClN5O3. The number of carbonyl (C=O) groups is 3. The highest BCUT2D eigenvalue weighted by atomic mass is 35.5. The van der Waals surface area contributed by atoms with Gasteiger partial charge in [-0.3, -0.25) is 14.4 Å². The third-order valence-corrected chi connectivity index (χ3v) is 7.79. The zero-order valence-corrected chi connectivity index (χ0v) is 19.0. The van der Waals surface area contributed by atoms with Gasteiger partial charge in [-0.05, 0) is 49.7 Å². The molecule has 2 aromatic rings. The van der Waals surface area contributed by atoms with Crippen molar-refractivity contribution in [3.8, 4) is 6.07 Å². The molecule has 1 aromatic heterocycles. The molecule has 1 aliphatic carbocycles. The Labute approximate surface area is 196 Å². The van der Waals surface area contributed by atoms with Crippen LogP contribution in [0.1, 0.15) is 49.0 Å². The van der Waals surface area contributed by atoms with Gasteiger partial charge in [-0.15, -0.1) is 0 Å². The lowest BCUT2D eigenvalue weighted by molar-refractivity contribution is -0.126. The first-order valence-corrected chi connectivity index (χ1v) is 11.8. The molecule has 0 unspecified atom stereocenters. The monoisotopic (exact) mass is 467 g/mol. The molecule has 172 valence electrons. The first-order chi connectivity index (χ1) is 15.9. The number of carbonyl (C=O) groups excluding carboxylic acids is 3. The Morgan fingerprint density at radius 2 is 2.18 bits per heavy atom. The Balaban J connectivity index is 1.35. The molecule has 2 aliphatic heterocycles. The van der Waals surface area contributed by atoms with Gasteiger partial charge < -0.3 is 20.5 Å². The van der Waals surface area contributed by atoms with Crippen LogP contribution in [0.3, 0.4) is 0 Å². The van der Waals surface area contributed by atoms with E-state index in [1.807, 2.05) is 12.1 Å². The lowest BCUT2D eigenvalue weighted by Crippen LogP contribution is -2.49. The number of hydrogen-bond donors (Lipinski definition) is 3. The van der Waals surface area contributed by atoms with Gasteiger partial charge >= 0.3 is 0 Å². The van der Waals surface area contributed by atoms with Gasteiger partial charge in [-0.25, -0.2) is 0 Å². The van der Waals surface area contributed by atoms with E-state index < -0.39 is 12.1 Å². The van der Waals surface area contributed by atoms with Gasteiger partial charge in [0.05, 0.1) is 16.6 Å². The first-order valence-electron chi connectivity index (χ1n) is 11.4. The summed E-state index contributed by atoms with van der Waals surface area (Å²) >= 11 is 6.26. The lowest BCUT2D eigenvalue weighted by atomic mass is 9.67. The van der Waals surface area contributed by atoms with Crippen LogP contribution in [0.15, 0.2) is 24.3 Å². The number of likely N-dealkylation sites (tertiary alicyclic amines) is 1. The number of nitrogens with zero attached hydrogens (tertiary/aromatic N) is 2. The molecule has 3 fully saturated rings. The van der Waals surface area contributed by atoms with Crippen molar-refractivity contribution in [2.75, 3.05) is 13.1 Å². The largest absolute Gasteiger partial charge is 0.356 e. The fourth-order valence-electron chi connectivity index (χ4n) is 5.50. The van der Waals surface area contributed by atoms with Crippen molar-refractivity contribution in [2.45, 2.75) is 50.6 Å². The van der Waals surface area contributed by atoms with Crippen LogP contribution in [0.4, 0.5) is 0 Å². The number of H-pyrrole nitrogens is 1. The lowest BCUT2D eigenvalue weighted by Gasteiger charge is -2.37. The first kappa shape index (κ1) is 21.8. The van der Waals surface area contributed by atoms with E-state index in [2.05, 4.69) is 21.7 Å². The number of fused-ring (bicyclic) bond motifs is 1. The molecule has 1 saturated carbocycles. The van der Waals surface area contributed by atoms with Gasteiger partial charge in [0.2, 0.25) is 11.8 Å². The van der Waals surface area contributed by atoms with Crippen LogP contribution in [-0.4, -0.2) is 52.8 Å². The van der Waals surface area contributed by atoms with E-state index in [1.165, 1.54) is 0 Å². The SMILES string of the molecule is N#C[C@H](C[C@@H]1CCNC1=O)NC(=O)[C@@H]1CC2(CCC2)CN1C(=O)c1cc2cccc(Cl)c2[nH]1. The summed E-state index contributed by atoms with van der Waals surface area (Å²) in [5.74, 6) is -0.917. The normalized spacial score (nSPS) is 24.4. The Morgan fingerprint density at radius 1 is 1.36 bits per heavy atom. The van der Waals surface area contributed by atoms with E-state index >= 15 is 0 Å². The molecule has 3 heterocycles. The standard InChI is InChI=1S/C24H26ClN5O3/c25-17-4-1-3-14-10-18(29-20(14)17)23(33)30-13-24(6-2-7-24)11-19(30)22(32)28-16(12-26)9-15-5-8-27-21(15)31/h1,3-4,10,15-16,19,29H,2,5-9,11,13H2,(H,27,31)(H,28,32)/t15-,16-,19-/m0/s1. The predicted octanol–water partition coefficient (Wildman–Crippen LogP) is 2.74. The third-order valence-electron chi connectivity index (χ3n) is 7.48. The van der Waals surface area contributed by atoms with Gasteiger partial charge in [0, 0.05) is 24.4 Å². The molecule has 0 radical (unpaired) electrons. The highest BCUT2D eigenvalue weighted by Crippen LogP contribution is 2.50. The van der Waals surface area contributed by atoms with E-state index in [1.54, 1.807) is 17.0 Å². The Morgan fingerprint density at radius 3 is 2.82 bits per heavy atom. The van der Waals surface area contributed by atoms with E-state index in [0.29, 0.717) is 42.2 Å². The van der Waals surface area contributed by atoms with Crippen LogP contribution in [0, 0.1) is 22.7 Å². The van der Waals surface area contributed by atoms with Gasteiger partial charge in [0.1, 0.15) is 17.8 Å². The average molecular weight is 468 g/mol. The zero-order chi connectivity index (χ0) is 23.2. The summed E-state index contributed by atoms with van der Waals surface area (Å²) in [7, 11) is 0. The molecule has 1 aromatic carbocycles. The Bertz CT molecular complexity index is 1160.